The van der Waals surface area contributed by atoms with Gasteiger partial charge >= 0.3 is 0 Å². The number of hydrogen-bond donors (Lipinski definition) is 0. The maximum Gasteiger partial charge on any atom is 0.293 e. The summed E-state index contributed by atoms with van der Waals surface area (Å²) in [5, 5.41) is 2.58. The summed E-state index contributed by atoms with van der Waals surface area (Å²) in [5.41, 5.74) is 2.65. The average molecular weight is 656 g/mol. The van der Waals surface area contributed by atoms with E-state index in [4.69, 9.17) is 21.1 Å². The molecule has 0 spiro atoms. The molecule has 0 bridgehead atoms. The van der Waals surface area contributed by atoms with Crippen molar-refractivity contribution >= 4 is 73.9 Å². The molecule has 0 unspecified atom stereocenters. The lowest BCUT2D eigenvalue weighted by Crippen LogP contribution is -2.27. The Hall–Kier alpha value is -3.01. The summed E-state index contributed by atoms with van der Waals surface area (Å²) in [4.78, 5) is 27.6. The summed E-state index contributed by atoms with van der Waals surface area (Å²) in [5.74, 6) is 0.906. The number of hydrogen-bond acceptors (Lipinski definition) is 5. The van der Waals surface area contributed by atoms with Gasteiger partial charge < -0.3 is 9.47 Å². The topological polar surface area (TPSA) is 55.8 Å². The molecule has 1 aliphatic heterocycles. The van der Waals surface area contributed by atoms with Gasteiger partial charge in [-0.05, 0) is 105 Å². The maximum atomic E-state index is 13.2. The summed E-state index contributed by atoms with van der Waals surface area (Å²) < 4.78 is 12.8. The number of ether oxygens (including phenoxy) is 2. The molecule has 1 saturated heterocycles. The maximum absolute atomic E-state index is 13.2. The SMILES string of the molecule is CCOc1cc(/C=C2\SC(=O)N(Cc3ccc4ccccc4c3)C2=O)cc(I)c1OCc1ccc(Cl)cc1. The van der Waals surface area contributed by atoms with Gasteiger partial charge in [-0.1, -0.05) is 60.1 Å². The molecule has 4 aromatic rings. The number of amides is 2. The molecular formula is C30H23ClINO4S. The highest BCUT2D eigenvalue weighted by molar-refractivity contribution is 14.1. The molecule has 8 heteroatoms. The van der Waals surface area contributed by atoms with Gasteiger partial charge in [-0.25, -0.2) is 0 Å². The van der Waals surface area contributed by atoms with Gasteiger partial charge in [-0.15, -0.1) is 0 Å². The van der Waals surface area contributed by atoms with Gasteiger partial charge in [0.05, 0.1) is 21.6 Å². The minimum absolute atomic E-state index is 0.228. The van der Waals surface area contributed by atoms with E-state index < -0.39 is 0 Å². The largest absolute Gasteiger partial charge is 0.490 e. The van der Waals surface area contributed by atoms with Crippen molar-refractivity contribution in [2.75, 3.05) is 6.61 Å². The van der Waals surface area contributed by atoms with E-state index in [1.165, 1.54) is 4.90 Å². The Bertz CT molecular complexity index is 1550. The number of fused-ring (bicyclic) bond motifs is 1. The van der Waals surface area contributed by atoms with Gasteiger partial charge in [0.1, 0.15) is 6.61 Å². The van der Waals surface area contributed by atoms with E-state index in [1.807, 2.05) is 85.8 Å². The zero-order valence-electron chi connectivity index (χ0n) is 20.4. The first kappa shape index (κ1) is 26.6. The van der Waals surface area contributed by atoms with Crippen LogP contribution in [0, 0.1) is 3.57 Å². The molecule has 2 amide bonds. The fraction of sp³-hybridized carbons (Fsp3) is 0.133. The lowest BCUT2D eigenvalue weighted by atomic mass is 10.1. The van der Waals surface area contributed by atoms with Crippen LogP contribution in [0.1, 0.15) is 23.6 Å². The summed E-state index contributed by atoms with van der Waals surface area (Å²) in [6.45, 7) is 2.95. The number of carbonyl (C=O) groups is 2. The van der Waals surface area contributed by atoms with Gasteiger partial charge in [0.25, 0.3) is 11.1 Å². The van der Waals surface area contributed by atoms with Crippen LogP contribution in [0.15, 0.2) is 83.8 Å². The second kappa shape index (κ2) is 11.8. The van der Waals surface area contributed by atoms with E-state index in [0.717, 1.165) is 42.8 Å². The summed E-state index contributed by atoms with van der Waals surface area (Å²) >= 11 is 9.13. The fourth-order valence-electron chi connectivity index (χ4n) is 4.12. The third kappa shape index (κ3) is 6.00. The highest BCUT2D eigenvalue weighted by Crippen LogP contribution is 2.38. The van der Waals surface area contributed by atoms with E-state index in [1.54, 1.807) is 6.08 Å². The number of nitrogens with zero attached hydrogens (tertiary/aromatic N) is 1. The summed E-state index contributed by atoms with van der Waals surface area (Å²) in [6, 6.07) is 25.2. The predicted molar refractivity (Wildman–Crippen MR) is 162 cm³/mol. The Kier molecular flexibility index (Phi) is 8.26. The van der Waals surface area contributed by atoms with Crippen molar-refractivity contribution in [3.05, 3.63) is 109 Å². The zero-order valence-corrected chi connectivity index (χ0v) is 24.2. The second-order valence-electron chi connectivity index (χ2n) is 8.63. The number of benzene rings is 4. The van der Waals surface area contributed by atoms with E-state index in [2.05, 4.69) is 22.6 Å². The van der Waals surface area contributed by atoms with Crippen molar-refractivity contribution in [2.24, 2.45) is 0 Å². The predicted octanol–water partition coefficient (Wildman–Crippen LogP) is 8.31. The first-order chi connectivity index (χ1) is 18.4. The van der Waals surface area contributed by atoms with Crippen LogP contribution in [0.2, 0.25) is 5.02 Å². The highest BCUT2D eigenvalue weighted by atomic mass is 127. The van der Waals surface area contributed by atoms with Crippen molar-refractivity contribution in [3.63, 3.8) is 0 Å². The minimum atomic E-state index is -0.302. The molecule has 5 rings (SSSR count). The van der Waals surface area contributed by atoms with E-state index >= 15 is 0 Å². The van der Waals surface area contributed by atoms with Crippen molar-refractivity contribution in [1.82, 2.24) is 4.90 Å². The lowest BCUT2D eigenvalue weighted by Gasteiger charge is -2.15. The zero-order chi connectivity index (χ0) is 26.6. The van der Waals surface area contributed by atoms with E-state index in [-0.39, 0.29) is 17.7 Å². The molecule has 4 aromatic carbocycles. The smallest absolute Gasteiger partial charge is 0.293 e. The standard InChI is InChI=1S/C30H23ClINO4S/c1-2-36-26-15-21(14-25(32)28(26)37-18-19-8-11-24(31)12-9-19)16-27-29(34)33(30(35)38-27)17-20-7-10-22-5-3-4-6-23(22)13-20/h3-16H,2,17-18H2,1H3/b27-16-. The quantitative estimate of drug-likeness (QED) is 0.141. The number of imide groups is 1. The van der Waals surface area contributed by atoms with Crippen LogP contribution in [-0.4, -0.2) is 22.7 Å². The van der Waals surface area contributed by atoms with Crippen LogP contribution in [0.25, 0.3) is 16.8 Å². The Morgan fingerprint density at radius 2 is 1.66 bits per heavy atom. The molecule has 1 heterocycles. The molecule has 5 nitrogen and oxygen atoms in total. The fourth-order valence-corrected chi connectivity index (χ4v) is 5.86. The van der Waals surface area contributed by atoms with Crippen LogP contribution < -0.4 is 9.47 Å². The first-order valence-electron chi connectivity index (χ1n) is 12.0. The van der Waals surface area contributed by atoms with Crippen LogP contribution in [0.3, 0.4) is 0 Å². The van der Waals surface area contributed by atoms with Crippen LogP contribution in [0.5, 0.6) is 11.5 Å². The third-order valence-corrected chi connectivity index (χ3v) is 7.91. The summed E-state index contributed by atoms with van der Waals surface area (Å²) in [7, 11) is 0. The van der Waals surface area contributed by atoms with Gasteiger partial charge in [0.2, 0.25) is 0 Å². The van der Waals surface area contributed by atoms with E-state index in [0.29, 0.717) is 34.6 Å². The van der Waals surface area contributed by atoms with Crippen molar-refractivity contribution in [3.8, 4) is 11.5 Å². The van der Waals surface area contributed by atoms with Crippen molar-refractivity contribution < 1.29 is 19.1 Å². The van der Waals surface area contributed by atoms with Crippen molar-refractivity contribution in [1.29, 1.82) is 0 Å². The summed E-state index contributed by atoms with van der Waals surface area (Å²) in [6.07, 6.45) is 1.74. The molecule has 0 N–H and O–H groups in total. The highest BCUT2D eigenvalue weighted by Gasteiger charge is 2.35. The Labute approximate surface area is 243 Å². The van der Waals surface area contributed by atoms with Gasteiger partial charge in [0, 0.05) is 5.02 Å². The monoisotopic (exact) mass is 655 g/mol. The number of rotatable bonds is 8. The molecular weight excluding hydrogens is 633 g/mol. The molecule has 1 aliphatic rings. The Balaban J connectivity index is 1.35. The van der Waals surface area contributed by atoms with Gasteiger partial charge in [-0.2, -0.15) is 0 Å². The minimum Gasteiger partial charge on any atom is -0.490 e. The van der Waals surface area contributed by atoms with Crippen LogP contribution >= 0.6 is 46.0 Å². The van der Waals surface area contributed by atoms with Crippen molar-refractivity contribution in [2.45, 2.75) is 20.1 Å². The molecule has 192 valence electrons. The van der Waals surface area contributed by atoms with Gasteiger partial charge in [-0.3, -0.25) is 14.5 Å². The van der Waals surface area contributed by atoms with Crippen LogP contribution in [0.4, 0.5) is 4.79 Å². The molecule has 0 atom stereocenters. The number of halogens is 2. The molecule has 0 radical (unpaired) electrons. The normalized spacial score (nSPS) is 14.5. The van der Waals surface area contributed by atoms with E-state index in [9.17, 15) is 9.59 Å². The molecule has 38 heavy (non-hydrogen) atoms. The third-order valence-electron chi connectivity index (χ3n) is 5.95. The molecule has 1 fully saturated rings. The lowest BCUT2D eigenvalue weighted by molar-refractivity contribution is -0.123. The molecule has 0 aromatic heterocycles. The number of thioether (sulfide) groups is 1. The molecule has 0 saturated carbocycles. The first-order valence-corrected chi connectivity index (χ1v) is 14.2. The average Bonchev–Trinajstić information content (AvgIpc) is 3.16. The van der Waals surface area contributed by atoms with Crippen LogP contribution in [-0.2, 0) is 17.9 Å². The Morgan fingerprint density at radius 1 is 0.921 bits per heavy atom. The number of carbonyl (C=O) groups excluding carboxylic acids is 2. The Morgan fingerprint density at radius 3 is 2.42 bits per heavy atom. The van der Waals surface area contributed by atoms with Gasteiger partial charge in [0.15, 0.2) is 11.5 Å². The second-order valence-corrected chi connectivity index (χ2v) is 11.2. The molecule has 0 aliphatic carbocycles.